The number of allylic oxidation sites excluding steroid dienone is 4. The van der Waals surface area contributed by atoms with E-state index in [0.717, 1.165) is 6.08 Å². The molecule has 1 spiro atoms. The number of anilines is 2. The summed E-state index contributed by atoms with van der Waals surface area (Å²) >= 11 is 11.9. The third-order valence-corrected chi connectivity index (χ3v) is 8.55. The van der Waals surface area contributed by atoms with Crippen LogP contribution in [0.1, 0.15) is 22.3 Å². The average Bonchev–Trinajstić information content (AvgIpc) is 3.39. The van der Waals surface area contributed by atoms with Crippen molar-refractivity contribution in [3.63, 3.8) is 0 Å². The van der Waals surface area contributed by atoms with Gasteiger partial charge < -0.3 is 15.3 Å². The lowest BCUT2D eigenvalue weighted by Gasteiger charge is -2.46. The lowest BCUT2D eigenvalue weighted by molar-refractivity contribution is -0.147. The number of fused-ring (bicyclic) bond motifs is 2. The van der Waals surface area contributed by atoms with Crippen LogP contribution >= 0.6 is 23.2 Å². The number of hydrogen-bond acceptors (Lipinski definition) is 4. The molecular weight excluding hydrogens is 613 g/mol. The lowest BCUT2D eigenvalue weighted by atomic mass is 9.72. The number of nitrogens with one attached hydrogen (secondary N) is 1. The molecule has 0 saturated carbocycles. The predicted molar refractivity (Wildman–Crippen MR) is 154 cm³/mol. The van der Waals surface area contributed by atoms with E-state index in [0.29, 0.717) is 22.0 Å². The van der Waals surface area contributed by atoms with Gasteiger partial charge in [-0.3, -0.25) is 14.5 Å². The van der Waals surface area contributed by atoms with Crippen molar-refractivity contribution in [1.82, 2.24) is 4.90 Å². The van der Waals surface area contributed by atoms with Crippen LogP contribution in [0.3, 0.4) is 0 Å². The van der Waals surface area contributed by atoms with Gasteiger partial charge in [-0.1, -0.05) is 41.9 Å². The van der Waals surface area contributed by atoms with Crippen LogP contribution in [0.15, 0.2) is 78.1 Å². The zero-order valence-electron chi connectivity index (χ0n) is 22.4. The van der Waals surface area contributed by atoms with Crippen molar-refractivity contribution in [3.8, 4) is 0 Å². The second-order valence-electron chi connectivity index (χ2n) is 10.6. The van der Waals surface area contributed by atoms with Crippen LogP contribution in [0.5, 0.6) is 0 Å². The highest BCUT2D eigenvalue weighted by molar-refractivity contribution is 6.31. The van der Waals surface area contributed by atoms with Crippen LogP contribution in [0, 0.1) is 11.8 Å². The van der Waals surface area contributed by atoms with Crippen LogP contribution < -0.4 is 10.2 Å². The molecule has 3 aliphatic rings. The van der Waals surface area contributed by atoms with E-state index in [1.54, 1.807) is 12.1 Å². The topological polar surface area (TPSA) is 89.9 Å². The van der Waals surface area contributed by atoms with Gasteiger partial charge in [0.1, 0.15) is 11.4 Å². The third-order valence-electron chi connectivity index (χ3n) is 8.19. The summed E-state index contributed by atoms with van der Waals surface area (Å²) in [4.78, 5) is 42.0. The van der Waals surface area contributed by atoms with Crippen molar-refractivity contribution in [2.75, 3.05) is 23.3 Å². The Labute approximate surface area is 254 Å². The number of carboxylic acid groups (broad SMARTS) is 1. The van der Waals surface area contributed by atoms with E-state index in [4.69, 9.17) is 23.2 Å². The van der Waals surface area contributed by atoms with Crippen LogP contribution in [-0.4, -0.2) is 58.6 Å². The molecule has 2 aromatic rings. The molecule has 2 aromatic carbocycles. The van der Waals surface area contributed by atoms with Crippen molar-refractivity contribution in [3.05, 3.63) is 94.3 Å². The monoisotopic (exact) mass is 637 g/mol. The second kappa shape index (κ2) is 11.4. The van der Waals surface area contributed by atoms with Crippen molar-refractivity contribution >= 4 is 52.4 Å². The molecule has 2 N–H and O–H groups in total. The number of carbonyl (C=O) groups is 3. The Balaban J connectivity index is 1.65. The van der Waals surface area contributed by atoms with E-state index in [1.165, 1.54) is 52.3 Å². The van der Waals surface area contributed by atoms with Gasteiger partial charge in [-0.25, -0.2) is 9.18 Å². The largest absolute Gasteiger partial charge is 0.478 e. The summed E-state index contributed by atoms with van der Waals surface area (Å²) < 4.78 is 57.3. The standard InChI is InChI=1S/C30H25Cl2F4N3O4/c1-16(31)3-2-4-21(33)25-24-23(15-38(26(24)40)20-9-6-17(7-10-20)27(41)42)39(12-11-30(34,35)36)29(25)14-18-5-8-19(32)13-22(18)37-28(29)43/h2-10,13,23-25H,1,11-12,14-15H2,(H,37,43)(H,41,42)/b3-2-,21-4-/t23-,24+,25-,29+/m0/s1. The van der Waals surface area contributed by atoms with E-state index < -0.39 is 66.2 Å². The minimum Gasteiger partial charge on any atom is -0.478 e. The van der Waals surface area contributed by atoms with Gasteiger partial charge in [-0.15, -0.1) is 0 Å². The Hall–Kier alpha value is -3.67. The molecule has 0 aliphatic carbocycles. The number of carbonyl (C=O) groups excluding carboxylic acids is 2. The minimum atomic E-state index is -4.60. The third kappa shape index (κ3) is 5.69. The fraction of sp³-hybridized carbons (Fsp3) is 0.300. The molecule has 0 aromatic heterocycles. The summed E-state index contributed by atoms with van der Waals surface area (Å²) in [5.74, 6) is -6.13. The average molecular weight is 638 g/mol. The summed E-state index contributed by atoms with van der Waals surface area (Å²) in [7, 11) is 0. The first-order valence-corrected chi connectivity index (χ1v) is 13.9. The summed E-state index contributed by atoms with van der Waals surface area (Å²) in [5, 5.41) is 12.4. The van der Waals surface area contributed by atoms with Gasteiger partial charge in [0.25, 0.3) is 0 Å². The van der Waals surface area contributed by atoms with E-state index in [1.807, 2.05) is 0 Å². The molecule has 4 atom stereocenters. The van der Waals surface area contributed by atoms with E-state index in [-0.39, 0.29) is 23.6 Å². The number of carboxylic acids is 1. The van der Waals surface area contributed by atoms with Gasteiger partial charge in [0.15, 0.2) is 0 Å². The summed E-state index contributed by atoms with van der Waals surface area (Å²) in [5.41, 5.74) is -0.744. The zero-order valence-corrected chi connectivity index (χ0v) is 23.9. The highest BCUT2D eigenvalue weighted by Gasteiger charge is 2.69. The molecule has 3 aliphatic heterocycles. The Morgan fingerprint density at radius 2 is 1.88 bits per heavy atom. The van der Waals surface area contributed by atoms with Crippen LogP contribution in [-0.2, 0) is 16.0 Å². The number of nitrogens with zero attached hydrogens (tertiary/aromatic N) is 2. The quantitative estimate of drug-likeness (QED) is 0.273. The molecule has 3 heterocycles. The molecule has 2 amide bonds. The first-order chi connectivity index (χ1) is 20.2. The predicted octanol–water partition coefficient (Wildman–Crippen LogP) is 6.35. The van der Waals surface area contributed by atoms with Gasteiger partial charge in [-0.2, -0.15) is 13.2 Å². The number of amides is 2. The van der Waals surface area contributed by atoms with Crippen molar-refractivity contribution < 1.29 is 37.1 Å². The molecule has 2 saturated heterocycles. The zero-order chi connectivity index (χ0) is 31.3. The molecule has 0 unspecified atom stereocenters. The molecular formula is C30H25Cl2F4N3O4. The maximum atomic E-state index is 16.4. The minimum absolute atomic E-state index is 0.0292. The Morgan fingerprint density at radius 1 is 1.19 bits per heavy atom. The number of aromatic carboxylic acids is 1. The summed E-state index contributed by atoms with van der Waals surface area (Å²) in [6, 6.07) is 9.09. The number of rotatable bonds is 7. The maximum absolute atomic E-state index is 16.4. The fourth-order valence-electron chi connectivity index (χ4n) is 6.44. The van der Waals surface area contributed by atoms with Crippen LogP contribution in [0.2, 0.25) is 5.02 Å². The second-order valence-corrected chi connectivity index (χ2v) is 11.6. The van der Waals surface area contributed by atoms with Gasteiger partial charge in [-0.05, 0) is 54.1 Å². The summed E-state index contributed by atoms with van der Waals surface area (Å²) in [6.45, 7) is 2.69. The molecule has 0 radical (unpaired) electrons. The molecule has 13 heteroatoms. The fourth-order valence-corrected chi connectivity index (χ4v) is 6.69. The summed E-state index contributed by atoms with van der Waals surface area (Å²) in [6.07, 6.45) is -2.49. The Bertz CT molecular complexity index is 1560. The number of halogens is 6. The van der Waals surface area contributed by atoms with E-state index in [9.17, 15) is 32.7 Å². The number of alkyl halides is 3. The SMILES string of the molecule is C=C(Cl)/C=C\C=C(/F)[C@H]1[C@@H]2C(=O)N(c3ccc(C(=O)O)cc3)C[C@@H]2N(CCC(F)(F)F)[C@]12Cc1ccc(Cl)cc1NC2=O. The number of likely N-dealkylation sites (tertiary alicyclic amines) is 1. The molecule has 0 bridgehead atoms. The van der Waals surface area contributed by atoms with E-state index in [2.05, 4.69) is 11.9 Å². The Kier molecular flexibility index (Phi) is 8.19. The van der Waals surface area contributed by atoms with Crippen molar-refractivity contribution in [2.24, 2.45) is 11.8 Å². The van der Waals surface area contributed by atoms with Crippen molar-refractivity contribution in [1.29, 1.82) is 0 Å². The highest BCUT2D eigenvalue weighted by Crippen LogP contribution is 2.55. The molecule has 226 valence electrons. The van der Waals surface area contributed by atoms with Crippen LogP contribution in [0.4, 0.5) is 28.9 Å². The normalized spacial score (nSPS) is 25.8. The first kappa shape index (κ1) is 30.8. The molecule has 43 heavy (non-hydrogen) atoms. The van der Waals surface area contributed by atoms with Gasteiger partial charge >= 0.3 is 12.1 Å². The number of benzene rings is 2. The first-order valence-electron chi connectivity index (χ1n) is 13.2. The highest BCUT2D eigenvalue weighted by atomic mass is 35.5. The van der Waals surface area contributed by atoms with Crippen molar-refractivity contribution in [2.45, 2.75) is 30.6 Å². The number of hydrogen-bond donors (Lipinski definition) is 2. The molecule has 7 nitrogen and oxygen atoms in total. The smallest absolute Gasteiger partial charge is 0.390 e. The van der Waals surface area contributed by atoms with E-state index >= 15 is 4.39 Å². The molecule has 2 fully saturated rings. The van der Waals surface area contributed by atoms with Gasteiger partial charge in [0.05, 0.1) is 23.8 Å². The Morgan fingerprint density at radius 3 is 2.51 bits per heavy atom. The van der Waals surface area contributed by atoms with Crippen LogP contribution in [0.25, 0.3) is 0 Å². The maximum Gasteiger partial charge on any atom is 0.390 e. The van der Waals surface area contributed by atoms with Gasteiger partial charge in [0.2, 0.25) is 11.8 Å². The lowest BCUT2D eigenvalue weighted by Crippen LogP contribution is -2.63. The van der Waals surface area contributed by atoms with Gasteiger partial charge in [0, 0.05) is 47.0 Å². The molecule has 5 rings (SSSR count).